The molecule has 0 aliphatic rings. The average Bonchev–Trinajstić information content (AvgIpc) is 2.86. The van der Waals surface area contributed by atoms with Crippen molar-refractivity contribution in [2.75, 3.05) is 5.73 Å². The first kappa shape index (κ1) is 15.6. The molecule has 2 N–H and O–H groups in total. The highest BCUT2D eigenvalue weighted by Crippen LogP contribution is 2.40. The number of non-ortho nitro benzene ring substituents is 1. The number of hydrogen-bond donors (Lipinski definition) is 1. The van der Waals surface area contributed by atoms with Crippen LogP contribution >= 0.6 is 0 Å². The van der Waals surface area contributed by atoms with Gasteiger partial charge in [-0.2, -0.15) is 0 Å². The molecule has 7 nitrogen and oxygen atoms in total. The van der Waals surface area contributed by atoms with Crippen molar-refractivity contribution in [1.29, 1.82) is 0 Å². The summed E-state index contributed by atoms with van der Waals surface area (Å²) in [7, 11) is 0. The van der Waals surface area contributed by atoms with Gasteiger partial charge in [-0.05, 0) is 31.5 Å². The van der Waals surface area contributed by atoms with Gasteiger partial charge < -0.3 is 10.3 Å². The van der Waals surface area contributed by atoms with Crippen LogP contribution in [0, 0.1) is 29.8 Å². The van der Waals surface area contributed by atoms with Gasteiger partial charge in [-0.1, -0.05) is 5.16 Å². The van der Waals surface area contributed by atoms with E-state index in [0.29, 0.717) is 28.1 Å². The van der Waals surface area contributed by atoms with E-state index in [2.05, 4.69) is 10.1 Å². The Morgan fingerprint density at radius 3 is 2.54 bits per heavy atom. The zero-order valence-corrected chi connectivity index (χ0v) is 12.9. The molecular formula is C16H13FN4O3. The van der Waals surface area contributed by atoms with E-state index in [1.165, 1.54) is 18.3 Å². The molecule has 1 aromatic carbocycles. The van der Waals surface area contributed by atoms with Gasteiger partial charge in [0.05, 0.1) is 22.2 Å². The molecule has 0 radical (unpaired) electrons. The number of aryl methyl sites for hydroxylation is 2. The first-order chi connectivity index (χ1) is 11.4. The van der Waals surface area contributed by atoms with Crippen molar-refractivity contribution in [2.45, 2.75) is 13.8 Å². The molecule has 122 valence electrons. The van der Waals surface area contributed by atoms with Gasteiger partial charge in [0, 0.05) is 23.4 Å². The molecule has 3 aromatic rings. The first-order valence-corrected chi connectivity index (χ1v) is 7.02. The maximum Gasteiger partial charge on any atom is 0.272 e. The Hall–Kier alpha value is -3.29. The van der Waals surface area contributed by atoms with Crippen molar-refractivity contribution < 1.29 is 13.8 Å². The zero-order chi connectivity index (χ0) is 17.4. The summed E-state index contributed by atoms with van der Waals surface area (Å²) < 4.78 is 19.6. The maximum absolute atomic E-state index is 14.4. The molecule has 0 amide bonds. The van der Waals surface area contributed by atoms with Crippen LogP contribution in [-0.4, -0.2) is 15.1 Å². The predicted octanol–water partition coefficient (Wildman–Crippen LogP) is 3.65. The number of rotatable bonds is 3. The van der Waals surface area contributed by atoms with Gasteiger partial charge in [0.15, 0.2) is 0 Å². The number of nitrogens with two attached hydrogens (primary N) is 1. The van der Waals surface area contributed by atoms with E-state index in [-0.39, 0.29) is 17.1 Å². The minimum atomic E-state index is -0.720. The first-order valence-electron chi connectivity index (χ1n) is 7.02. The van der Waals surface area contributed by atoms with Crippen molar-refractivity contribution in [3.8, 4) is 22.3 Å². The van der Waals surface area contributed by atoms with Crippen LogP contribution in [-0.2, 0) is 0 Å². The van der Waals surface area contributed by atoms with Gasteiger partial charge in [0.25, 0.3) is 5.69 Å². The number of nitro benzene ring substituents is 1. The average molecular weight is 328 g/mol. The maximum atomic E-state index is 14.4. The Balaban J connectivity index is 2.28. The fraction of sp³-hybridized carbons (Fsp3) is 0.125. The molecule has 0 unspecified atom stereocenters. The second kappa shape index (κ2) is 5.73. The summed E-state index contributed by atoms with van der Waals surface area (Å²) in [5.74, 6) is -0.00164. The monoisotopic (exact) mass is 328 g/mol. The minimum absolute atomic E-state index is 0.185. The molecule has 24 heavy (non-hydrogen) atoms. The highest BCUT2D eigenvalue weighted by Gasteiger charge is 2.22. The second-order valence-electron chi connectivity index (χ2n) is 5.24. The minimum Gasteiger partial charge on any atom is -0.383 e. The Bertz CT molecular complexity index is 933. The third-order valence-corrected chi connectivity index (χ3v) is 3.72. The molecule has 0 fully saturated rings. The zero-order valence-electron chi connectivity index (χ0n) is 12.9. The highest BCUT2D eigenvalue weighted by molar-refractivity contribution is 5.91. The number of aromatic nitrogens is 2. The molecule has 0 spiro atoms. The quantitative estimate of drug-likeness (QED) is 0.580. The van der Waals surface area contributed by atoms with E-state index in [4.69, 9.17) is 10.3 Å². The molecule has 0 aliphatic carbocycles. The van der Waals surface area contributed by atoms with E-state index in [9.17, 15) is 14.5 Å². The molecule has 0 saturated carbocycles. The summed E-state index contributed by atoms with van der Waals surface area (Å²) in [6.45, 7) is 3.46. The molecule has 0 atom stereocenters. The largest absolute Gasteiger partial charge is 0.383 e. The molecule has 0 aliphatic heterocycles. The van der Waals surface area contributed by atoms with Crippen LogP contribution in [0.15, 0.2) is 35.0 Å². The van der Waals surface area contributed by atoms with Crippen LogP contribution in [0.4, 0.5) is 15.9 Å². The Morgan fingerprint density at radius 2 is 1.96 bits per heavy atom. The van der Waals surface area contributed by atoms with Gasteiger partial charge in [-0.3, -0.25) is 10.1 Å². The molecule has 2 heterocycles. The van der Waals surface area contributed by atoms with E-state index in [1.807, 2.05) is 0 Å². The second-order valence-corrected chi connectivity index (χ2v) is 5.24. The number of benzene rings is 1. The van der Waals surface area contributed by atoms with E-state index < -0.39 is 10.7 Å². The summed E-state index contributed by atoms with van der Waals surface area (Å²) in [5, 5.41) is 14.7. The fourth-order valence-electron chi connectivity index (χ4n) is 2.64. The smallest absolute Gasteiger partial charge is 0.272 e. The number of nitrogens with zero attached hydrogens (tertiary/aromatic N) is 3. The molecular weight excluding hydrogens is 315 g/mol. The van der Waals surface area contributed by atoms with Crippen LogP contribution in [0.25, 0.3) is 22.3 Å². The summed E-state index contributed by atoms with van der Waals surface area (Å²) in [6.07, 6.45) is 1.45. The van der Waals surface area contributed by atoms with Crippen LogP contribution in [0.2, 0.25) is 0 Å². The summed E-state index contributed by atoms with van der Waals surface area (Å²) >= 11 is 0. The van der Waals surface area contributed by atoms with Crippen molar-refractivity contribution in [2.24, 2.45) is 0 Å². The van der Waals surface area contributed by atoms with Gasteiger partial charge in [0.1, 0.15) is 17.4 Å². The predicted molar refractivity (Wildman–Crippen MR) is 85.7 cm³/mol. The van der Waals surface area contributed by atoms with Crippen molar-refractivity contribution >= 4 is 11.5 Å². The molecule has 0 bridgehead atoms. The standard InChI is InChI=1S/C16H13FN4O3/c1-8-14(9(2)24-20-8)15-12(5-6-19-16(15)18)11-4-3-10(21(22)23)7-13(11)17/h3-7H,1-2H3,(H2,18,19). The Labute approximate surface area is 136 Å². The van der Waals surface area contributed by atoms with Gasteiger partial charge >= 0.3 is 0 Å². The number of pyridine rings is 1. The van der Waals surface area contributed by atoms with Crippen molar-refractivity contribution in [1.82, 2.24) is 10.1 Å². The van der Waals surface area contributed by atoms with Gasteiger partial charge in [0.2, 0.25) is 0 Å². The van der Waals surface area contributed by atoms with Crippen LogP contribution in [0.3, 0.4) is 0 Å². The van der Waals surface area contributed by atoms with Crippen molar-refractivity contribution in [3.05, 3.63) is 57.8 Å². The lowest BCUT2D eigenvalue weighted by Crippen LogP contribution is -1.99. The lowest BCUT2D eigenvalue weighted by Gasteiger charge is -2.12. The highest BCUT2D eigenvalue weighted by atomic mass is 19.1. The van der Waals surface area contributed by atoms with E-state index in [0.717, 1.165) is 6.07 Å². The third-order valence-electron chi connectivity index (χ3n) is 3.72. The number of nitro groups is 1. The molecule has 2 aromatic heterocycles. The van der Waals surface area contributed by atoms with Crippen LogP contribution in [0.5, 0.6) is 0 Å². The molecule has 0 saturated heterocycles. The van der Waals surface area contributed by atoms with Crippen LogP contribution < -0.4 is 5.73 Å². The van der Waals surface area contributed by atoms with E-state index in [1.54, 1.807) is 19.9 Å². The normalized spacial score (nSPS) is 10.8. The number of anilines is 1. The SMILES string of the molecule is Cc1noc(C)c1-c1c(-c2ccc([N+](=O)[O-])cc2F)ccnc1N. The lowest BCUT2D eigenvalue weighted by molar-refractivity contribution is -0.385. The topological polar surface area (TPSA) is 108 Å². The Morgan fingerprint density at radius 1 is 1.21 bits per heavy atom. The van der Waals surface area contributed by atoms with Crippen molar-refractivity contribution in [3.63, 3.8) is 0 Å². The molecule has 3 rings (SSSR count). The summed E-state index contributed by atoms with van der Waals surface area (Å²) in [4.78, 5) is 14.2. The Kier molecular flexibility index (Phi) is 3.72. The number of hydrogen-bond acceptors (Lipinski definition) is 6. The van der Waals surface area contributed by atoms with E-state index >= 15 is 0 Å². The number of nitrogen functional groups attached to an aromatic ring is 1. The summed E-state index contributed by atoms with van der Waals surface area (Å²) in [6, 6.07) is 5.07. The van der Waals surface area contributed by atoms with Crippen LogP contribution in [0.1, 0.15) is 11.5 Å². The molecule has 8 heteroatoms. The van der Waals surface area contributed by atoms with Gasteiger partial charge in [-0.15, -0.1) is 0 Å². The summed E-state index contributed by atoms with van der Waals surface area (Å²) in [5.41, 5.74) is 8.04. The number of halogens is 1. The third kappa shape index (κ3) is 2.47. The fourth-order valence-corrected chi connectivity index (χ4v) is 2.64. The lowest BCUT2D eigenvalue weighted by atomic mass is 9.94. The van der Waals surface area contributed by atoms with Gasteiger partial charge in [-0.25, -0.2) is 9.37 Å².